The number of nitrogens with zero attached hydrogens (tertiary/aromatic N) is 3. The van der Waals surface area contributed by atoms with E-state index in [0.29, 0.717) is 34.1 Å². The normalized spacial score (nSPS) is 17.3. The number of carboxylic acids is 1. The summed E-state index contributed by atoms with van der Waals surface area (Å²) >= 11 is 0. The lowest BCUT2D eigenvalue weighted by molar-refractivity contribution is -0.137. The number of amides is 1. The highest BCUT2D eigenvalue weighted by Gasteiger charge is 2.21. The minimum atomic E-state index is -1.75. The van der Waals surface area contributed by atoms with E-state index in [1.165, 1.54) is 10.5 Å². The first-order valence-corrected chi connectivity index (χ1v) is 14.5. The van der Waals surface area contributed by atoms with Gasteiger partial charge >= 0.3 is 5.97 Å². The monoisotopic (exact) mass is 598 g/mol. The predicted molar refractivity (Wildman–Crippen MR) is 156 cm³/mol. The van der Waals surface area contributed by atoms with Crippen LogP contribution >= 0.6 is 0 Å². The number of fused-ring (bicyclic) bond motifs is 13. The van der Waals surface area contributed by atoms with Gasteiger partial charge in [-0.3, -0.25) is 9.59 Å². The van der Waals surface area contributed by atoms with Gasteiger partial charge in [0.25, 0.3) is 5.91 Å². The van der Waals surface area contributed by atoms with Gasteiger partial charge in [-0.1, -0.05) is 31.2 Å². The van der Waals surface area contributed by atoms with Crippen LogP contribution in [0.15, 0.2) is 53.6 Å². The number of carboxylic acid groups (broad SMARTS) is 1. The van der Waals surface area contributed by atoms with E-state index >= 15 is 0 Å². The molecule has 42 heavy (non-hydrogen) atoms. The van der Waals surface area contributed by atoms with Crippen LogP contribution in [0.2, 0.25) is 0 Å². The minimum Gasteiger partial charge on any atom is -0.489 e. The molecule has 4 bridgehead atoms. The Morgan fingerprint density at radius 1 is 1.12 bits per heavy atom. The smallest absolute Gasteiger partial charge is 0.318 e. The second kappa shape index (κ2) is 15.3. The van der Waals surface area contributed by atoms with Crippen molar-refractivity contribution in [2.45, 2.75) is 18.4 Å². The highest BCUT2D eigenvalue weighted by Crippen LogP contribution is 2.30. The first kappa shape index (κ1) is 31.0. The van der Waals surface area contributed by atoms with E-state index in [1.807, 2.05) is 19.1 Å². The van der Waals surface area contributed by atoms with Crippen LogP contribution in [0.4, 0.5) is 11.5 Å². The fraction of sp³-hybridized carbons (Fsp3) is 0.357. The van der Waals surface area contributed by atoms with Gasteiger partial charge in [-0.25, -0.2) is 18.5 Å². The Bertz CT molecular complexity index is 1410. The van der Waals surface area contributed by atoms with Crippen LogP contribution in [0.1, 0.15) is 23.0 Å². The Kier molecular flexibility index (Phi) is 11.3. The molecule has 0 radical (unpaired) electrons. The van der Waals surface area contributed by atoms with Crippen LogP contribution in [-0.4, -0.2) is 88.1 Å². The summed E-state index contributed by atoms with van der Waals surface area (Å²) in [5, 5.41) is 15.4. The Hall–Kier alpha value is -3.95. The highest BCUT2D eigenvalue weighted by atomic mass is 32.2. The van der Waals surface area contributed by atoms with Crippen LogP contribution in [0.25, 0.3) is 11.3 Å². The van der Waals surface area contributed by atoms with Crippen LogP contribution < -0.4 is 21.1 Å². The topological polar surface area (TPSA) is 178 Å². The Balaban J connectivity index is 1.66. The number of aliphatic carboxylic acids is 1. The molecule has 0 saturated carbocycles. The van der Waals surface area contributed by atoms with Gasteiger partial charge in [0.1, 0.15) is 29.9 Å². The molecule has 0 saturated heterocycles. The van der Waals surface area contributed by atoms with E-state index in [0.717, 1.165) is 12.1 Å². The minimum absolute atomic E-state index is 0.0466. The van der Waals surface area contributed by atoms with Gasteiger partial charge in [-0.05, 0) is 24.7 Å². The van der Waals surface area contributed by atoms with Crippen molar-refractivity contribution in [3.8, 4) is 17.0 Å². The van der Waals surface area contributed by atoms with Crippen LogP contribution in [-0.2, 0) is 31.8 Å². The number of anilines is 2. The molecule has 0 aliphatic carbocycles. The summed E-state index contributed by atoms with van der Waals surface area (Å²) < 4.78 is 31.7. The number of para-hydroxylation sites is 1. The largest absolute Gasteiger partial charge is 0.489 e. The maximum Gasteiger partial charge on any atom is 0.318 e. The molecule has 13 nitrogen and oxygen atoms in total. The van der Waals surface area contributed by atoms with Gasteiger partial charge in [0.2, 0.25) is 0 Å². The fourth-order valence-electron chi connectivity index (χ4n) is 4.09. The average Bonchev–Trinajstić information content (AvgIpc) is 2.98. The van der Waals surface area contributed by atoms with Gasteiger partial charge < -0.3 is 35.7 Å². The molecule has 224 valence electrons. The predicted octanol–water partition coefficient (Wildman–Crippen LogP) is 1.92. The van der Waals surface area contributed by atoms with E-state index in [1.54, 1.807) is 30.3 Å². The lowest BCUT2D eigenvalue weighted by Gasteiger charge is -2.19. The Labute approximate surface area is 246 Å². The van der Waals surface area contributed by atoms with Crippen LogP contribution in [0, 0.1) is 0 Å². The number of carbonyl (C=O) groups excluding carboxylic acids is 1. The van der Waals surface area contributed by atoms with Gasteiger partial charge in [0, 0.05) is 24.2 Å². The van der Waals surface area contributed by atoms with E-state index < -0.39 is 29.4 Å². The molecular weight excluding hydrogens is 564 g/mol. The molecule has 1 aromatic heterocycles. The van der Waals surface area contributed by atoms with Gasteiger partial charge in [0.15, 0.2) is 11.5 Å². The van der Waals surface area contributed by atoms with E-state index in [4.69, 9.17) is 19.9 Å². The third-order valence-electron chi connectivity index (χ3n) is 6.16. The summed E-state index contributed by atoms with van der Waals surface area (Å²) in [5.41, 5.74) is 8.25. The van der Waals surface area contributed by atoms with Gasteiger partial charge in [-0.15, -0.1) is 0 Å². The van der Waals surface area contributed by atoms with Gasteiger partial charge in [0.05, 0.1) is 48.9 Å². The van der Waals surface area contributed by atoms with Gasteiger partial charge in [-0.2, -0.15) is 0 Å². The molecule has 2 aromatic carbocycles. The molecule has 5 N–H and O–H groups in total. The molecule has 1 unspecified atom stereocenters. The average molecular weight is 599 g/mol. The first-order chi connectivity index (χ1) is 20.4. The first-order valence-electron chi connectivity index (χ1n) is 13.4. The fourth-order valence-corrected chi connectivity index (χ4v) is 5.23. The number of benzene rings is 2. The molecule has 1 atom stereocenters. The van der Waals surface area contributed by atoms with Crippen molar-refractivity contribution in [2.24, 2.45) is 0 Å². The number of aromatic nitrogens is 2. The molecule has 2 aliphatic heterocycles. The number of nitrogens with two attached hydrogens (primary N) is 1. The second-order valence-electron chi connectivity index (χ2n) is 9.12. The highest BCUT2D eigenvalue weighted by molar-refractivity contribution is 7.82. The summed E-state index contributed by atoms with van der Waals surface area (Å²) in [4.78, 5) is 33.8. The number of rotatable bonds is 5. The molecule has 3 heterocycles. The molecular formula is C28H34N6O7S. The number of hydrogen-bond donors (Lipinski definition) is 4. The summed E-state index contributed by atoms with van der Waals surface area (Å²) in [6.45, 7) is 4.18. The molecule has 1 amide bonds. The molecule has 0 fully saturated rings. The van der Waals surface area contributed by atoms with Crippen molar-refractivity contribution in [2.75, 3.05) is 63.7 Å². The van der Waals surface area contributed by atoms with Crippen molar-refractivity contribution >= 4 is 34.4 Å². The summed E-state index contributed by atoms with van der Waals surface area (Å²) in [5.74, 6) is -1.22. The number of ether oxygens (including phenoxy) is 3. The summed E-state index contributed by atoms with van der Waals surface area (Å²) in [7, 11) is -1.75. The molecule has 0 spiro atoms. The maximum absolute atomic E-state index is 13.4. The van der Waals surface area contributed by atoms with Crippen molar-refractivity contribution in [1.82, 2.24) is 19.6 Å². The third-order valence-corrected chi connectivity index (χ3v) is 7.61. The lowest BCUT2D eigenvalue weighted by Crippen LogP contribution is -2.34. The van der Waals surface area contributed by atoms with Crippen molar-refractivity contribution in [3.05, 3.63) is 59.9 Å². The van der Waals surface area contributed by atoms with E-state index in [9.17, 15) is 18.9 Å². The lowest BCUT2D eigenvalue weighted by atomic mass is 10.1. The number of carbonyl (C=O) groups is 2. The third kappa shape index (κ3) is 8.30. The zero-order valence-electron chi connectivity index (χ0n) is 23.2. The summed E-state index contributed by atoms with van der Waals surface area (Å²) in [6, 6.07) is 12.0. The Morgan fingerprint density at radius 3 is 2.60 bits per heavy atom. The number of nitrogens with one attached hydrogen (secondary N) is 2. The zero-order chi connectivity index (χ0) is 29.9. The quantitative estimate of drug-likeness (QED) is 0.315. The van der Waals surface area contributed by atoms with E-state index in [-0.39, 0.29) is 51.1 Å². The number of nitrogen functional groups attached to an aromatic ring is 1. The molecule has 5 rings (SSSR count). The van der Waals surface area contributed by atoms with Crippen LogP contribution in [0.5, 0.6) is 5.75 Å². The SMILES string of the molecule is CCNCc1cccc2c1OCCOCCOCCN(CC(=O)O)S(=O)c1ccc(cc1)-c1cnc(N)c(n1)C(=O)N2. The van der Waals surface area contributed by atoms with E-state index in [2.05, 4.69) is 20.6 Å². The molecule has 3 aromatic rings. The second-order valence-corrected chi connectivity index (χ2v) is 10.6. The maximum atomic E-state index is 13.4. The Morgan fingerprint density at radius 2 is 1.86 bits per heavy atom. The molecule has 2 aliphatic rings. The van der Waals surface area contributed by atoms with Crippen molar-refractivity contribution < 1.29 is 33.1 Å². The van der Waals surface area contributed by atoms with Crippen molar-refractivity contribution in [3.63, 3.8) is 0 Å². The zero-order valence-corrected chi connectivity index (χ0v) is 24.0. The number of hydrogen-bond acceptors (Lipinski definition) is 10. The van der Waals surface area contributed by atoms with Crippen LogP contribution in [0.3, 0.4) is 0 Å². The standard InChI is InChI=1S/C28H34N6O7S/c1-2-30-16-20-4-3-5-22-26(20)41-15-14-40-13-12-39-11-10-34(18-24(35)36)42(38)21-8-6-19(7-9-21)23-17-31-27(29)25(32-23)28(37)33-22/h3-9,17,30H,2,10-16,18H2,1H3,(H2,29,31)(H,33,37)(H,35,36). The molecule has 14 heteroatoms. The van der Waals surface area contributed by atoms with Crippen molar-refractivity contribution in [1.29, 1.82) is 0 Å². The summed E-state index contributed by atoms with van der Waals surface area (Å²) in [6.07, 6.45) is 1.44.